The second-order valence-electron chi connectivity index (χ2n) is 7.93. The number of rotatable bonds is 3. The topological polar surface area (TPSA) is 70.7 Å². The molecular formula is C19H25N3O3. The number of nitrogens with zero attached hydrogens (tertiary/aromatic N) is 1. The van der Waals surface area contributed by atoms with E-state index in [0.29, 0.717) is 19.5 Å². The summed E-state index contributed by atoms with van der Waals surface area (Å²) in [5.74, 6) is 0.947. The number of methoxy groups -OCH3 is 1. The molecule has 2 aliphatic heterocycles. The highest BCUT2D eigenvalue weighted by molar-refractivity contribution is 5.80. The molecule has 1 aliphatic carbocycles. The highest BCUT2D eigenvalue weighted by Crippen LogP contribution is 2.53. The van der Waals surface area contributed by atoms with Crippen LogP contribution in [0, 0.1) is 0 Å². The maximum Gasteiger partial charge on any atom is 0.317 e. The van der Waals surface area contributed by atoms with Crippen LogP contribution in [0.5, 0.6) is 5.75 Å². The molecule has 2 heterocycles. The van der Waals surface area contributed by atoms with Crippen molar-refractivity contribution in [2.75, 3.05) is 20.2 Å². The number of ether oxygens (including phenoxy) is 1. The summed E-state index contributed by atoms with van der Waals surface area (Å²) in [6.45, 7) is 3.83. The Kier molecular flexibility index (Phi) is 3.67. The molecule has 2 fully saturated rings. The molecule has 3 amide bonds. The third-order valence-corrected chi connectivity index (χ3v) is 5.86. The van der Waals surface area contributed by atoms with E-state index >= 15 is 0 Å². The summed E-state index contributed by atoms with van der Waals surface area (Å²) in [5.41, 5.74) is 2.32. The van der Waals surface area contributed by atoms with Crippen molar-refractivity contribution >= 4 is 11.9 Å². The van der Waals surface area contributed by atoms with Gasteiger partial charge in [-0.25, -0.2) is 4.79 Å². The van der Waals surface area contributed by atoms with Gasteiger partial charge in [0.15, 0.2) is 0 Å². The van der Waals surface area contributed by atoms with Gasteiger partial charge >= 0.3 is 6.03 Å². The summed E-state index contributed by atoms with van der Waals surface area (Å²) in [5, 5.41) is 5.98. The number of urea groups is 1. The van der Waals surface area contributed by atoms with Gasteiger partial charge in [0.1, 0.15) is 5.75 Å². The Labute approximate surface area is 147 Å². The third-order valence-electron chi connectivity index (χ3n) is 5.86. The molecule has 0 radical (unpaired) electrons. The van der Waals surface area contributed by atoms with Crippen molar-refractivity contribution in [2.24, 2.45) is 0 Å². The lowest BCUT2D eigenvalue weighted by Crippen LogP contribution is -2.53. The standard InChI is InChI=1S/C19H25N3O3/c1-18(6-5-16(23)21-18)11-20-17(24)22-10-13-3-4-14(25-2)9-15(13)19(12-22)7-8-19/h3-4,9H,5-8,10-12H2,1-2H3,(H,20,24)(H,21,23)/t18-/m1/s1. The number of fused-ring (bicyclic) bond motifs is 2. The predicted molar refractivity (Wildman–Crippen MR) is 93.5 cm³/mol. The molecular weight excluding hydrogens is 318 g/mol. The number of hydrogen-bond donors (Lipinski definition) is 2. The number of carbonyl (C=O) groups is 2. The second kappa shape index (κ2) is 5.64. The van der Waals surface area contributed by atoms with Crippen molar-refractivity contribution in [1.82, 2.24) is 15.5 Å². The first kappa shape index (κ1) is 16.2. The summed E-state index contributed by atoms with van der Waals surface area (Å²) in [6, 6.07) is 6.12. The maximum atomic E-state index is 12.7. The third kappa shape index (κ3) is 2.94. The SMILES string of the molecule is COc1ccc2c(c1)C1(CC1)CN(C(=O)NC[C@@]1(C)CCC(=O)N1)C2. The summed E-state index contributed by atoms with van der Waals surface area (Å²) in [7, 11) is 1.69. The average molecular weight is 343 g/mol. The summed E-state index contributed by atoms with van der Waals surface area (Å²) in [4.78, 5) is 26.1. The largest absolute Gasteiger partial charge is 0.497 e. The summed E-state index contributed by atoms with van der Waals surface area (Å²) >= 11 is 0. The zero-order valence-corrected chi connectivity index (χ0v) is 14.9. The van der Waals surface area contributed by atoms with Crippen LogP contribution in [0.3, 0.4) is 0 Å². The predicted octanol–water partition coefficient (Wildman–Crippen LogP) is 1.92. The number of amides is 3. The van der Waals surface area contributed by atoms with Crippen molar-refractivity contribution < 1.29 is 14.3 Å². The molecule has 0 aromatic heterocycles. The first-order valence-corrected chi connectivity index (χ1v) is 8.94. The number of benzene rings is 1. The van der Waals surface area contributed by atoms with Gasteiger partial charge in [-0.15, -0.1) is 0 Å². The smallest absolute Gasteiger partial charge is 0.317 e. The van der Waals surface area contributed by atoms with Crippen molar-refractivity contribution in [3.63, 3.8) is 0 Å². The highest BCUT2D eigenvalue weighted by Gasteiger charge is 2.50. The molecule has 0 unspecified atom stereocenters. The normalized spacial score (nSPS) is 26.2. The van der Waals surface area contributed by atoms with Gasteiger partial charge in [-0.3, -0.25) is 4.79 Å². The number of nitrogens with one attached hydrogen (secondary N) is 2. The van der Waals surface area contributed by atoms with Crippen LogP contribution in [-0.4, -0.2) is 42.6 Å². The molecule has 1 aromatic rings. The molecule has 1 saturated carbocycles. The Balaban J connectivity index is 1.45. The lowest BCUT2D eigenvalue weighted by molar-refractivity contribution is -0.119. The first-order valence-electron chi connectivity index (χ1n) is 8.94. The molecule has 134 valence electrons. The van der Waals surface area contributed by atoms with E-state index in [1.807, 2.05) is 17.9 Å². The van der Waals surface area contributed by atoms with Gasteiger partial charge in [-0.05, 0) is 49.4 Å². The van der Waals surface area contributed by atoms with E-state index in [0.717, 1.165) is 31.6 Å². The molecule has 1 spiro atoms. The van der Waals surface area contributed by atoms with Gasteiger partial charge in [0, 0.05) is 31.5 Å². The van der Waals surface area contributed by atoms with E-state index in [9.17, 15) is 9.59 Å². The molecule has 6 heteroatoms. The molecule has 3 aliphatic rings. The minimum atomic E-state index is -0.328. The Bertz CT molecular complexity index is 729. The summed E-state index contributed by atoms with van der Waals surface area (Å²) < 4.78 is 5.36. The number of hydrogen-bond acceptors (Lipinski definition) is 3. The fraction of sp³-hybridized carbons (Fsp3) is 0.579. The van der Waals surface area contributed by atoms with Gasteiger partial charge in [-0.2, -0.15) is 0 Å². The Morgan fingerprint density at radius 3 is 2.80 bits per heavy atom. The van der Waals surface area contributed by atoms with Gasteiger partial charge in [0.25, 0.3) is 0 Å². The van der Waals surface area contributed by atoms with E-state index in [1.54, 1.807) is 7.11 Å². The Morgan fingerprint density at radius 1 is 1.36 bits per heavy atom. The second-order valence-corrected chi connectivity index (χ2v) is 7.93. The van der Waals surface area contributed by atoms with E-state index in [1.165, 1.54) is 11.1 Å². The average Bonchev–Trinajstić information content (AvgIpc) is 3.29. The fourth-order valence-electron chi connectivity index (χ4n) is 4.11. The van der Waals surface area contributed by atoms with Crippen molar-refractivity contribution in [3.05, 3.63) is 29.3 Å². The van der Waals surface area contributed by atoms with Crippen molar-refractivity contribution in [2.45, 2.75) is 50.1 Å². The van der Waals surface area contributed by atoms with Gasteiger partial charge in [-0.1, -0.05) is 6.07 Å². The molecule has 0 bridgehead atoms. The van der Waals surface area contributed by atoms with E-state index in [4.69, 9.17) is 4.74 Å². The molecule has 1 saturated heterocycles. The van der Waals surface area contributed by atoms with E-state index in [2.05, 4.69) is 22.8 Å². The monoisotopic (exact) mass is 343 g/mol. The fourth-order valence-corrected chi connectivity index (χ4v) is 4.11. The van der Waals surface area contributed by atoms with E-state index in [-0.39, 0.29) is 22.9 Å². The van der Waals surface area contributed by atoms with E-state index < -0.39 is 0 Å². The molecule has 2 N–H and O–H groups in total. The Morgan fingerprint density at radius 2 is 2.16 bits per heavy atom. The quantitative estimate of drug-likeness (QED) is 0.881. The summed E-state index contributed by atoms with van der Waals surface area (Å²) in [6.07, 6.45) is 3.53. The minimum absolute atomic E-state index is 0.0462. The van der Waals surface area contributed by atoms with Crippen LogP contribution in [0.1, 0.15) is 43.7 Å². The molecule has 1 atom stereocenters. The number of carbonyl (C=O) groups excluding carboxylic acids is 2. The van der Waals surface area contributed by atoms with Crippen LogP contribution in [0.4, 0.5) is 4.79 Å². The van der Waals surface area contributed by atoms with Gasteiger partial charge in [0.05, 0.1) is 12.6 Å². The molecule has 25 heavy (non-hydrogen) atoms. The highest BCUT2D eigenvalue weighted by atomic mass is 16.5. The van der Waals surface area contributed by atoms with Crippen LogP contribution in [0.2, 0.25) is 0 Å². The maximum absolute atomic E-state index is 12.7. The van der Waals surface area contributed by atoms with Crippen molar-refractivity contribution in [1.29, 1.82) is 0 Å². The Hall–Kier alpha value is -2.24. The zero-order chi connectivity index (χ0) is 17.7. The van der Waals surface area contributed by atoms with Gasteiger partial charge < -0.3 is 20.3 Å². The molecule has 6 nitrogen and oxygen atoms in total. The zero-order valence-electron chi connectivity index (χ0n) is 14.9. The first-order chi connectivity index (χ1) is 11.9. The molecule has 1 aromatic carbocycles. The van der Waals surface area contributed by atoms with Crippen LogP contribution < -0.4 is 15.4 Å². The lowest BCUT2D eigenvalue weighted by atomic mass is 9.87. The van der Waals surface area contributed by atoms with Crippen LogP contribution in [0.15, 0.2) is 18.2 Å². The van der Waals surface area contributed by atoms with Crippen LogP contribution in [0.25, 0.3) is 0 Å². The minimum Gasteiger partial charge on any atom is -0.497 e. The van der Waals surface area contributed by atoms with Crippen molar-refractivity contribution in [3.8, 4) is 5.75 Å². The lowest BCUT2D eigenvalue weighted by Gasteiger charge is -2.36. The van der Waals surface area contributed by atoms with Crippen LogP contribution in [-0.2, 0) is 16.8 Å². The van der Waals surface area contributed by atoms with Crippen LogP contribution >= 0.6 is 0 Å². The molecule has 4 rings (SSSR count). The van der Waals surface area contributed by atoms with Gasteiger partial charge in [0.2, 0.25) is 5.91 Å².